The smallest absolute Gasteiger partial charge is 0.0781 e. The molecule has 0 aliphatic rings. The number of aryl methyl sites for hydroxylation is 1. The third kappa shape index (κ3) is 2.88. The molecule has 0 fully saturated rings. The van der Waals surface area contributed by atoms with Crippen LogP contribution in [0.3, 0.4) is 0 Å². The van der Waals surface area contributed by atoms with Gasteiger partial charge in [0, 0.05) is 35.7 Å². The van der Waals surface area contributed by atoms with Crippen LogP contribution in [0.25, 0.3) is 0 Å². The van der Waals surface area contributed by atoms with Crippen molar-refractivity contribution in [1.82, 2.24) is 4.57 Å². The molecule has 0 aliphatic heterocycles. The van der Waals surface area contributed by atoms with Crippen LogP contribution >= 0.6 is 0 Å². The van der Waals surface area contributed by atoms with E-state index >= 15 is 0 Å². The number of aliphatic hydroxyl groups is 1. The Morgan fingerprint density at radius 3 is 2.55 bits per heavy atom. The van der Waals surface area contributed by atoms with E-state index in [2.05, 4.69) is 36.7 Å². The number of nitrogens with one attached hydrogen (secondary N) is 1. The Balaban J connectivity index is 2.17. The Bertz CT molecular complexity index is 585. The van der Waals surface area contributed by atoms with Gasteiger partial charge in [-0.25, -0.2) is 0 Å². The molecule has 0 amide bonds. The minimum Gasteiger partial charge on any atom is -0.389 e. The highest BCUT2D eigenvalue weighted by Crippen LogP contribution is 2.23. The van der Waals surface area contributed by atoms with Crippen molar-refractivity contribution >= 4 is 5.69 Å². The molecule has 108 valence electrons. The van der Waals surface area contributed by atoms with Crippen molar-refractivity contribution in [2.45, 2.75) is 46.9 Å². The average molecular weight is 272 g/mol. The first kappa shape index (κ1) is 14.7. The molecular formula is C17H24N2O. The molecular weight excluding hydrogens is 248 g/mol. The van der Waals surface area contributed by atoms with E-state index in [1.165, 1.54) is 17.0 Å². The molecule has 0 aliphatic carbocycles. The van der Waals surface area contributed by atoms with Gasteiger partial charge in [0.1, 0.15) is 0 Å². The monoisotopic (exact) mass is 272 g/mol. The summed E-state index contributed by atoms with van der Waals surface area (Å²) in [5, 5.41) is 13.2. The second kappa shape index (κ2) is 6.14. The second-order valence-electron chi connectivity index (χ2n) is 5.26. The molecule has 1 heterocycles. The van der Waals surface area contributed by atoms with Crippen molar-refractivity contribution < 1.29 is 5.11 Å². The van der Waals surface area contributed by atoms with Gasteiger partial charge in [-0.1, -0.05) is 18.2 Å². The quantitative estimate of drug-likeness (QED) is 0.869. The highest BCUT2D eigenvalue weighted by molar-refractivity contribution is 5.52. The van der Waals surface area contributed by atoms with Crippen LogP contribution in [0.4, 0.5) is 5.69 Å². The van der Waals surface area contributed by atoms with Crippen molar-refractivity contribution in [1.29, 1.82) is 0 Å². The van der Waals surface area contributed by atoms with Crippen molar-refractivity contribution in [3.05, 3.63) is 52.8 Å². The van der Waals surface area contributed by atoms with Crippen LogP contribution in [0.15, 0.2) is 30.3 Å². The zero-order valence-electron chi connectivity index (χ0n) is 12.8. The van der Waals surface area contributed by atoms with Gasteiger partial charge in [-0.2, -0.15) is 0 Å². The number of para-hydroxylation sites is 1. The van der Waals surface area contributed by atoms with Gasteiger partial charge in [0.15, 0.2) is 0 Å². The lowest BCUT2D eigenvalue weighted by Gasteiger charge is -2.14. The van der Waals surface area contributed by atoms with E-state index in [1.807, 2.05) is 24.3 Å². The third-order valence-electron chi connectivity index (χ3n) is 3.87. The van der Waals surface area contributed by atoms with Crippen molar-refractivity contribution in [3.8, 4) is 0 Å². The summed E-state index contributed by atoms with van der Waals surface area (Å²) in [6.07, 6.45) is -0.457. The minimum atomic E-state index is -0.457. The van der Waals surface area contributed by atoms with E-state index in [9.17, 15) is 5.11 Å². The maximum Gasteiger partial charge on any atom is 0.0781 e. The van der Waals surface area contributed by atoms with E-state index in [0.717, 1.165) is 24.3 Å². The van der Waals surface area contributed by atoms with Crippen LogP contribution in [0, 0.1) is 13.8 Å². The summed E-state index contributed by atoms with van der Waals surface area (Å²) < 4.78 is 2.32. The first-order chi connectivity index (χ1) is 9.54. The Kier molecular flexibility index (Phi) is 4.50. The molecule has 2 N–H and O–H groups in total. The summed E-state index contributed by atoms with van der Waals surface area (Å²) in [7, 11) is 0. The Labute approximate surface area is 121 Å². The fourth-order valence-electron chi connectivity index (χ4n) is 2.75. The van der Waals surface area contributed by atoms with Gasteiger partial charge in [-0.15, -0.1) is 0 Å². The highest BCUT2D eigenvalue weighted by atomic mass is 16.3. The Hall–Kier alpha value is -1.74. The third-order valence-corrected chi connectivity index (χ3v) is 3.87. The summed E-state index contributed by atoms with van der Waals surface area (Å²) in [4.78, 5) is 0. The van der Waals surface area contributed by atoms with Crippen LogP contribution in [-0.4, -0.2) is 9.67 Å². The normalized spacial score (nSPS) is 12.4. The minimum absolute atomic E-state index is 0.457. The predicted molar refractivity (Wildman–Crippen MR) is 84.0 cm³/mol. The topological polar surface area (TPSA) is 37.2 Å². The molecule has 0 spiro atoms. The molecule has 3 nitrogen and oxygen atoms in total. The Morgan fingerprint density at radius 1 is 1.25 bits per heavy atom. The van der Waals surface area contributed by atoms with Gasteiger partial charge in [0.25, 0.3) is 0 Å². The predicted octanol–water partition coefficient (Wildman–Crippen LogP) is 3.79. The summed E-state index contributed by atoms with van der Waals surface area (Å²) in [6.45, 7) is 10.0. The van der Waals surface area contributed by atoms with Crippen LogP contribution < -0.4 is 5.32 Å². The SMILES string of the molecule is CCn1c(C)cc(CNc2ccccc2C(C)O)c1C. The fraction of sp³-hybridized carbons (Fsp3) is 0.412. The van der Waals surface area contributed by atoms with E-state index in [-0.39, 0.29) is 0 Å². The van der Waals surface area contributed by atoms with Crippen molar-refractivity contribution in [3.63, 3.8) is 0 Å². The molecule has 1 unspecified atom stereocenters. The van der Waals surface area contributed by atoms with E-state index in [0.29, 0.717) is 0 Å². The number of aromatic nitrogens is 1. The standard InChI is InChI=1S/C17H24N2O/c1-5-19-12(2)10-15(13(19)3)11-18-17-9-7-6-8-16(17)14(4)20/h6-10,14,18,20H,5,11H2,1-4H3. The number of rotatable bonds is 5. The maximum atomic E-state index is 9.80. The molecule has 1 atom stereocenters. The van der Waals surface area contributed by atoms with Crippen molar-refractivity contribution in [2.75, 3.05) is 5.32 Å². The molecule has 1 aromatic heterocycles. The van der Waals surface area contributed by atoms with Gasteiger partial charge in [0.05, 0.1) is 6.10 Å². The first-order valence-electron chi connectivity index (χ1n) is 7.21. The molecule has 0 saturated heterocycles. The van der Waals surface area contributed by atoms with Crippen molar-refractivity contribution in [2.24, 2.45) is 0 Å². The maximum absolute atomic E-state index is 9.80. The molecule has 0 bridgehead atoms. The number of anilines is 1. The number of aliphatic hydroxyl groups excluding tert-OH is 1. The van der Waals surface area contributed by atoms with E-state index < -0.39 is 6.10 Å². The lowest BCUT2D eigenvalue weighted by molar-refractivity contribution is 0.200. The van der Waals surface area contributed by atoms with Crippen LogP contribution in [0.2, 0.25) is 0 Å². The van der Waals surface area contributed by atoms with E-state index in [4.69, 9.17) is 0 Å². The number of hydrogen-bond acceptors (Lipinski definition) is 2. The lowest BCUT2D eigenvalue weighted by atomic mass is 10.1. The molecule has 0 radical (unpaired) electrons. The second-order valence-corrected chi connectivity index (χ2v) is 5.26. The molecule has 2 rings (SSSR count). The molecule has 1 aromatic carbocycles. The molecule has 20 heavy (non-hydrogen) atoms. The zero-order chi connectivity index (χ0) is 14.7. The Morgan fingerprint density at radius 2 is 1.95 bits per heavy atom. The zero-order valence-corrected chi connectivity index (χ0v) is 12.8. The average Bonchev–Trinajstić information content (AvgIpc) is 2.70. The van der Waals surface area contributed by atoms with Crippen LogP contribution in [0.5, 0.6) is 0 Å². The lowest BCUT2D eigenvalue weighted by Crippen LogP contribution is -2.05. The summed E-state index contributed by atoms with van der Waals surface area (Å²) in [6, 6.07) is 10.2. The van der Waals surface area contributed by atoms with Gasteiger partial charge in [-0.05, 0) is 45.4 Å². The fourth-order valence-corrected chi connectivity index (χ4v) is 2.75. The first-order valence-corrected chi connectivity index (χ1v) is 7.21. The highest BCUT2D eigenvalue weighted by Gasteiger charge is 2.10. The largest absolute Gasteiger partial charge is 0.389 e. The van der Waals surface area contributed by atoms with Gasteiger partial charge in [-0.3, -0.25) is 0 Å². The number of nitrogens with zero attached hydrogens (tertiary/aromatic N) is 1. The van der Waals surface area contributed by atoms with Crippen LogP contribution in [0.1, 0.15) is 42.5 Å². The summed E-state index contributed by atoms with van der Waals surface area (Å²) in [5.74, 6) is 0. The number of hydrogen-bond donors (Lipinski definition) is 2. The molecule has 2 aromatic rings. The molecule has 3 heteroatoms. The number of benzene rings is 1. The molecule has 0 saturated carbocycles. The summed E-state index contributed by atoms with van der Waals surface area (Å²) >= 11 is 0. The van der Waals surface area contributed by atoms with Crippen LogP contribution in [-0.2, 0) is 13.1 Å². The van der Waals surface area contributed by atoms with Gasteiger partial charge in [0.2, 0.25) is 0 Å². The summed E-state index contributed by atoms with van der Waals surface area (Å²) in [5.41, 5.74) is 5.86. The van der Waals surface area contributed by atoms with Gasteiger partial charge < -0.3 is 15.0 Å². The van der Waals surface area contributed by atoms with E-state index in [1.54, 1.807) is 6.92 Å². The van der Waals surface area contributed by atoms with Gasteiger partial charge >= 0.3 is 0 Å².